The summed E-state index contributed by atoms with van der Waals surface area (Å²) in [7, 11) is 0. The van der Waals surface area contributed by atoms with Crippen molar-refractivity contribution in [2.75, 3.05) is 13.1 Å². The Bertz CT molecular complexity index is 1450. The highest BCUT2D eigenvalue weighted by molar-refractivity contribution is 5.76. The Labute approximate surface area is 278 Å². The number of aliphatic carboxylic acids is 1. The minimum absolute atomic E-state index is 0.00844. The van der Waals surface area contributed by atoms with Crippen LogP contribution in [0, 0.1) is 0 Å². The predicted octanol–water partition coefficient (Wildman–Crippen LogP) is 7.08. The first-order valence-electron chi connectivity index (χ1n) is 17.0. The highest BCUT2D eigenvalue weighted by atomic mass is 16.7. The molecule has 8 nitrogen and oxygen atoms in total. The predicted molar refractivity (Wildman–Crippen MR) is 182 cm³/mol. The molecule has 3 atom stereocenters. The van der Waals surface area contributed by atoms with Crippen LogP contribution in [0.2, 0.25) is 0 Å². The summed E-state index contributed by atoms with van der Waals surface area (Å²) in [5.74, 6) is -0.920. The van der Waals surface area contributed by atoms with E-state index < -0.39 is 12.3 Å². The average Bonchev–Trinajstić information content (AvgIpc) is 3.64. The zero-order chi connectivity index (χ0) is 33.0. The number of carboxylic acids is 1. The van der Waals surface area contributed by atoms with Crippen LogP contribution in [0.25, 0.3) is 11.1 Å². The van der Waals surface area contributed by atoms with E-state index in [0.29, 0.717) is 31.8 Å². The number of aliphatic hydroxyl groups excluding tert-OH is 1. The number of carbonyl (C=O) groups is 2. The lowest BCUT2D eigenvalue weighted by Crippen LogP contribution is -2.43. The quantitative estimate of drug-likeness (QED) is 0.113. The van der Waals surface area contributed by atoms with Crippen LogP contribution in [0.5, 0.6) is 0 Å². The van der Waals surface area contributed by atoms with Crippen LogP contribution < -0.4 is 5.32 Å². The number of hydrogen-bond donors (Lipinski definition) is 3. The van der Waals surface area contributed by atoms with Gasteiger partial charge in [-0.25, -0.2) is 0 Å². The van der Waals surface area contributed by atoms with Crippen molar-refractivity contribution in [1.29, 1.82) is 0 Å². The van der Waals surface area contributed by atoms with Gasteiger partial charge >= 0.3 is 5.97 Å². The van der Waals surface area contributed by atoms with Gasteiger partial charge in [-0.3, -0.25) is 14.5 Å². The molecule has 5 rings (SSSR count). The fourth-order valence-corrected chi connectivity index (χ4v) is 6.72. The third-order valence-corrected chi connectivity index (χ3v) is 9.29. The van der Waals surface area contributed by atoms with Crippen molar-refractivity contribution in [1.82, 2.24) is 10.2 Å². The maximum atomic E-state index is 12.4. The van der Waals surface area contributed by atoms with Gasteiger partial charge in [-0.1, -0.05) is 91.7 Å². The van der Waals surface area contributed by atoms with Crippen LogP contribution >= 0.6 is 0 Å². The summed E-state index contributed by atoms with van der Waals surface area (Å²) in [5, 5.41) is 21.4. The van der Waals surface area contributed by atoms with E-state index in [-0.39, 0.29) is 31.1 Å². The monoisotopic (exact) mass is 640 g/mol. The van der Waals surface area contributed by atoms with Crippen LogP contribution in [0.4, 0.5) is 0 Å². The van der Waals surface area contributed by atoms with Gasteiger partial charge in [0.2, 0.25) is 5.91 Å². The minimum Gasteiger partial charge on any atom is -0.481 e. The number of rotatable bonds is 16. The largest absolute Gasteiger partial charge is 0.481 e. The molecule has 8 heteroatoms. The summed E-state index contributed by atoms with van der Waals surface area (Å²) in [5.41, 5.74) is 5.96. The van der Waals surface area contributed by atoms with Gasteiger partial charge in [0, 0.05) is 50.5 Å². The number of nitrogens with zero attached hydrogens (tertiary/aromatic N) is 1. The van der Waals surface area contributed by atoms with Crippen LogP contribution in [-0.4, -0.2) is 52.2 Å². The third-order valence-electron chi connectivity index (χ3n) is 9.29. The number of aliphatic hydroxyl groups is 1. The molecule has 3 aromatic carbocycles. The third kappa shape index (κ3) is 9.84. The van der Waals surface area contributed by atoms with Gasteiger partial charge in [-0.2, -0.15) is 0 Å². The molecular weight excluding hydrogens is 592 g/mol. The van der Waals surface area contributed by atoms with Crippen molar-refractivity contribution < 1.29 is 29.3 Å². The van der Waals surface area contributed by atoms with E-state index in [1.54, 1.807) is 0 Å². The molecule has 47 heavy (non-hydrogen) atoms. The number of hydrogen-bond acceptors (Lipinski definition) is 6. The number of unbranched alkanes of at least 4 members (excludes halogenated alkanes) is 1. The van der Waals surface area contributed by atoms with Crippen LogP contribution in [0.3, 0.4) is 0 Å². The number of amides is 1. The summed E-state index contributed by atoms with van der Waals surface area (Å²) in [6.45, 7) is 6.08. The molecule has 3 aromatic rings. The Morgan fingerprint density at radius 2 is 1.62 bits per heavy atom. The molecule has 1 heterocycles. The maximum Gasteiger partial charge on any atom is 0.303 e. The van der Waals surface area contributed by atoms with Crippen LogP contribution in [-0.2, 0) is 32.2 Å². The summed E-state index contributed by atoms with van der Waals surface area (Å²) in [6, 6.07) is 24.8. The van der Waals surface area contributed by atoms with E-state index in [1.165, 1.54) is 25.7 Å². The fraction of sp³-hybridized carbons (Fsp3) is 0.436. The van der Waals surface area contributed by atoms with Crippen molar-refractivity contribution in [2.45, 2.75) is 95.5 Å². The first-order valence-corrected chi connectivity index (χ1v) is 17.0. The Hall–Kier alpha value is -3.82. The van der Waals surface area contributed by atoms with E-state index in [1.807, 2.05) is 48.5 Å². The topological polar surface area (TPSA) is 108 Å². The van der Waals surface area contributed by atoms with E-state index in [2.05, 4.69) is 47.1 Å². The smallest absolute Gasteiger partial charge is 0.303 e. The Kier molecular flexibility index (Phi) is 12.8. The second kappa shape index (κ2) is 17.4. The lowest BCUT2D eigenvalue weighted by atomic mass is 9.97. The second-order valence-corrected chi connectivity index (χ2v) is 12.7. The van der Waals surface area contributed by atoms with Gasteiger partial charge in [0.25, 0.3) is 0 Å². The molecule has 250 valence electrons. The summed E-state index contributed by atoms with van der Waals surface area (Å²) in [4.78, 5) is 25.6. The van der Waals surface area contributed by atoms with E-state index in [9.17, 15) is 14.7 Å². The number of ether oxygens (including phenoxy) is 2. The molecule has 1 saturated carbocycles. The molecule has 1 saturated heterocycles. The van der Waals surface area contributed by atoms with E-state index in [4.69, 9.17) is 14.6 Å². The number of benzene rings is 3. The molecule has 2 fully saturated rings. The molecule has 1 aliphatic carbocycles. The van der Waals surface area contributed by atoms with E-state index >= 15 is 0 Å². The zero-order valence-corrected chi connectivity index (χ0v) is 27.2. The Morgan fingerprint density at radius 1 is 0.915 bits per heavy atom. The molecule has 0 spiro atoms. The SMILES string of the molecule is C=CCN(C[C@H]1C[C@@H](c2ccc(CO)cc2)O[C@@H](c2ccc(-c3ccccc3CNC(=O)CCCCC(=O)O)cc2)O1)C1CCCC1. The Balaban J connectivity index is 1.29. The second-order valence-electron chi connectivity index (χ2n) is 12.7. The molecular formula is C39H48N2O6. The molecule has 1 amide bonds. The lowest BCUT2D eigenvalue weighted by molar-refractivity contribution is -0.253. The molecule has 1 aliphatic heterocycles. The maximum absolute atomic E-state index is 12.4. The van der Waals surface area contributed by atoms with E-state index in [0.717, 1.165) is 52.9 Å². The number of nitrogens with one attached hydrogen (secondary N) is 1. The van der Waals surface area contributed by atoms with Crippen molar-refractivity contribution in [3.63, 3.8) is 0 Å². The van der Waals surface area contributed by atoms with Crippen LogP contribution in [0.1, 0.15) is 92.4 Å². The van der Waals surface area contributed by atoms with Gasteiger partial charge in [0.05, 0.1) is 18.8 Å². The molecule has 0 bridgehead atoms. The minimum atomic E-state index is -0.838. The van der Waals surface area contributed by atoms with Gasteiger partial charge < -0.3 is 25.0 Å². The zero-order valence-electron chi connectivity index (χ0n) is 27.2. The molecule has 2 aliphatic rings. The number of carbonyl (C=O) groups excluding carboxylic acids is 1. The molecule has 0 unspecified atom stereocenters. The van der Waals surface area contributed by atoms with Gasteiger partial charge in [-0.05, 0) is 53.5 Å². The lowest BCUT2D eigenvalue weighted by Gasteiger charge is -2.39. The highest BCUT2D eigenvalue weighted by Crippen LogP contribution is 2.39. The summed E-state index contributed by atoms with van der Waals surface area (Å²) >= 11 is 0. The van der Waals surface area contributed by atoms with Crippen molar-refractivity contribution in [2.24, 2.45) is 0 Å². The van der Waals surface area contributed by atoms with Gasteiger partial charge in [0.1, 0.15) is 0 Å². The van der Waals surface area contributed by atoms with Crippen molar-refractivity contribution in [3.05, 3.63) is 108 Å². The number of carboxylic acid groups (broad SMARTS) is 1. The normalized spacial score (nSPS) is 19.9. The van der Waals surface area contributed by atoms with Crippen molar-refractivity contribution in [3.8, 4) is 11.1 Å². The average molecular weight is 641 g/mol. The highest BCUT2D eigenvalue weighted by Gasteiger charge is 2.34. The molecule has 3 N–H and O–H groups in total. The van der Waals surface area contributed by atoms with Crippen LogP contribution in [0.15, 0.2) is 85.5 Å². The van der Waals surface area contributed by atoms with Crippen molar-refractivity contribution >= 4 is 11.9 Å². The molecule has 0 radical (unpaired) electrons. The summed E-state index contributed by atoms with van der Waals surface area (Å²) < 4.78 is 13.3. The standard InChI is InChI=1S/C39H48N2O6/c1-2-23-41(33-10-4-5-11-33)26-34-24-36(30-17-15-28(27-42)16-18-30)47-39(46-34)31-21-19-29(20-22-31)35-12-6-3-9-32(35)25-40-37(43)13-7-8-14-38(44)45/h2-3,6,9,12,15-22,33-34,36,39,42H,1,4-5,7-8,10-11,13-14,23-27H2,(H,40,43)(H,44,45)/t34-,36+,39+/m1/s1. The fourth-order valence-electron chi connectivity index (χ4n) is 6.72. The van der Waals surface area contributed by atoms with Gasteiger partial charge in [-0.15, -0.1) is 6.58 Å². The first kappa shape index (κ1) is 34.5. The first-order chi connectivity index (χ1) is 22.9. The summed E-state index contributed by atoms with van der Waals surface area (Å²) in [6.07, 6.45) is 8.43. The van der Waals surface area contributed by atoms with Gasteiger partial charge in [0.15, 0.2) is 6.29 Å². The molecule has 0 aromatic heterocycles. The Morgan fingerprint density at radius 3 is 2.32 bits per heavy atom.